The highest BCUT2D eigenvalue weighted by atomic mass is 16.4. The Hall–Kier alpha value is -1.29. The van der Waals surface area contributed by atoms with Crippen LogP contribution in [-0.4, -0.2) is 23.9 Å². The molecule has 1 aromatic rings. The second-order valence-corrected chi connectivity index (χ2v) is 4.68. The fraction of sp³-hybridized carbons (Fsp3) is 0.615. The molecule has 1 aliphatic carbocycles. The summed E-state index contributed by atoms with van der Waals surface area (Å²) in [4.78, 5) is 14.0. The molecular weight excluding hydrogens is 216 g/mol. The molecule has 0 bridgehead atoms. The van der Waals surface area contributed by atoms with E-state index in [0.717, 1.165) is 12.8 Å². The van der Waals surface area contributed by atoms with Crippen molar-refractivity contribution in [2.45, 2.75) is 44.7 Å². The van der Waals surface area contributed by atoms with Gasteiger partial charge in [0.05, 0.1) is 6.54 Å². The lowest BCUT2D eigenvalue weighted by Gasteiger charge is -2.30. The number of carbonyl (C=O) groups is 1. The normalized spacial score (nSPS) is 17.1. The van der Waals surface area contributed by atoms with Crippen LogP contribution < -0.4 is 5.73 Å². The van der Waals surface area contributed by atoms with Crippen LogP contribution in [0.4, 0.5) is 0 Å². The molecule has 1 saturated carbocycles. The van der Waals surface area contributed by atoms with Crippen LogP contribution in [0.3, 0.4) is 0 Å². The van der Waals surface area contributed by atoms with Crippen molar-refractivity contribution < 1.29 is 9.21 Å². The van der Waals surface area contributed by atoms with E-state index in [1.807, 2.05) is 11.9 Å². The highest BCUT2D eigenvalue weighted by molar-refractivity contribution is 5.91. The third-order valence-corrected chi connectivity index (χ3v) is 3.52. The largest absolute Gasteiger partial charge is 0.455 e. The maximum atomic E-state index is 12.2. The minimum atomic E-state index is -0.0309. The van der Waals surface area contributed by atoms with E-state index in [9.17, 15) is 4.79 Å². The van der Waals surface area contributed by atoms with Crippen molar-refractivity contribution in [1.29, 1.82) is 0 Å². The zero-order chi connectivity index (χ0) is 12.3. The number of hydrogen-bond acceptors (Lipinski definition) is 3. The van der Waals surface area contributed by atoms with Crippen LogP contribution in [0.25, 0.3) is 0 Å². The number of hydrogen-bond donors (Lipinski definition) is 1. The molecule has 0 aliphatic heterocycles. The molecule has 2 rings (SSSR count). The topological polar surface area (TPSA) is 59.5 Å². The maximum Gasteiger partial charge on any atom is 0.289 e. The van der Waals surface area contributed by atoms with E-state index in [4.69, 9.17) is 10.2 Å². The smallest absolute Gasteiger partial charge is 0.289 e. The Morgan fingerprint density at radius 1 is 1.41 bits per heavy atom. The number of nitrogens with two attached hydrogens (primary N) is 1. The number of carbonyl (C=O) groups excluding carboxylic acids is 1. The second-order valence-electron chi connectivity index (χ2n) is 4.68. The van der Waals surface area contributed by atoms with Crippen LogP contribution in [0, 0.1) is 0 Å². The van der Waals surface area contributed by atoms with Crippen LogP contribution in [0.2, 0.25) is 0 Å². The Kier molecular flexibility index (Phi) is 3.84. The molecule has 1 heterocycles. The van der Waals surface area contributed by atoms with Gasteiger partial charge in [0.1, 0.15) is 5.76 Å². The first-order valence-corrected chi connectivity index (χ1v) is 6.28. The van der Waals surface area contributed by atoms with Gasteiger partial charge < -0.3 is 15.1 Å². The summed E-state index contributed by atoms with van der Waals surface area (Å²) in [5.74, 6) is 1.03. The Balaban J connectivity index is 2.02. The van der Waals surface area contributed by atoms with Gasteiger partial charge in [-0.25, -0.2) is 0 Å². The summed E-state index contributed by atoms with van der Waals surface area (Å²) in [5.41, 5.74) is 5.46. The van der Waals surface area contributed by atoms with Crippen molar-refractivity contribution in [2.24, 2.45) is 5.73 Å². The molecule has 1 fully saturated rings. The summed E-state index contributed by atoms with van der Waals surface area (Å²) < 4.78 is 5.39. The van der Waals surface area contributed by atoms with Crippen molar-refractivity contribution in [3.8, 4) is 0 Å². The standard InChI is InChI=1S/C13H20N2O2/c1-15(10-5-3-2-4-6-10)13(16)12-8-7-11(9-14)17-12/h7-8,10H,2-6,9,14H2,1H3. The monoisotopic (exact) mass is 236 g/mol. The quantitative estimate of drug-likeness (QED) is 0.874. The molecule has 0 saturated heterocycles. The third-order valence-electron chi connectivity index (χ3n) is 3.52. The van der Waals surface area contributed by atoms with Gasteiger partial charge in [-0.05, 0) is 25.0 Å². The Labute approximate surface area is 102 Å². The van der Waals surface area contributed by atoms with Crippen molar-refractivity contribution in [3.63, 3.8) is 0 Å². The molecule has 17 heavy (non-hydrogen) atoms. The zero-order valence-electron chi connectivity index (χ0n) is 10.3. The van der Waals surface area contributed by atoms with Gasteiger partial charge in [0, 0.05) is 13.1 Å². The summed E-state index contributed by atoms with van der Waals surface area (Å²) in [6, 6.07) is 3.84. The van der Waals surface area contributed by atoms with Crippen molar-refractivity contribution in [2.75, 3.05) is 7.05 Å². The predicted molar refractivity (Wildman–Crippen MR) is 65.6 cm³/mol. The maximum absolute atomic E-state index is 12.2. The molecule has 1 aromatic heterocycles. The molecule has 0 unspecified atom stereocenters. The lowest BCUT2D eigenvalue weighted by molar-refractivity contribution is 0.0662. The van der Waals surface area contributed by atoms with E-state index < -0.39 is 0 Å². The molecule has 0 radical (unpaired) electrons. The number of amides is 1. The van der Waals surface area contributed by atoms with E-state index in [0.29, 0.717) is 24.1 Å². The molecule has 2 N–H and O–H groups in total. The first-order valence-electron chi connectivity index (χ1n) is 6.28. The van der Waals surface area contributed by atoms with Gasteiger partial charge in [-0.15, -0.1) is 0 Å². The summed E-state index contributed by atoms with van der Waals surface area (Å²) >= 11 is 0. The van der Waals surface area contributed by atoms with Crippen molar-refractivity contribution >= 4 is 5.91 Å². The first kappa shape index (κ1) is 12.2. The molecule has 0 spiro atoms. The van der Waals surface area contributed by atoms with E-state index in [-0.39, 0.29) is 5.91 Å². The first-order chi connectivity index (χ1) is 8.22. The van der Waals surface area contributed by atoms with Gasteiger partial charge >= 0.3 is 0 Å². The van der Waals surface area contributed by atoms with Gasteiger partial charge in [0.25, 0.3) is 5.91 Å². The van der Waals surface area contributed by atoms with Crippen molar-refractivity contribution in [3.05, 3.63) is 23.7 Å². The van der Waals surface area contributed by atoms with Crippen LogP contribution >= 0.6 is 0 Å². The molecule has 1 aliphatic rings. The SMILES string of the molecule is CN(C(=O)c1ccc(CN)o1)C1CCCCC1. The Morgan fingerprint density at radius 2 is 2.12 bits per heavy atom. The zero-order valence-corrected chi connectivity index (χ0v) is 10.3. The van der Waals surface area contributed by atoms with Crippen LogP contribution in [0.5, 0.6) is 0 Å². The van der Waals surface area contributed by atoms with Gasteiger partial charge in [-0.2, -0.15) is 0 Å². The van der Waals surface area contributed by atoms with Crippen LogP contribution in [0.1, 0.15) is 48.4 Å². The molecule has 4 heteroatoms. The molecular formula is C13H20N2O2. The second kappa shape index (κ2) is 5.36. The molecule has 0 aromatic carbocycles. The van der Waals surface area contributed by atoms with Crippen LogP contribution in [-0.2, 0) is 6.54 Å². The van der Waals surface area contributed by atoms with E-state index >= 15 is 0 Å². The van der Waals surface area contributed by atoms with Crippen molar-refractivity contribution in [1.82, 2.24) is 4.90 Å². The Morgan fingerprint density at radius 3 is 2.71 bits per heavy atom. The van der Waals surface area contributed by atoms with Gasteiger partial charge in [0.2, 0.25) is 0 Å². The highest BCUT2D eigenvalue weighted by Crippen LogP contribution is 2.23. The fourth-order valence-electron chi connectivity index (χ4n) is 2.41. The van der Waals surface area contributed by atoms with Gasteiger partial charge in [-0.3, -0.25) is 4.79 Å². The minimum absolute atomic E-state index is 0.0309. The van der Waals surface area contributed by atoms with E-state index in [2.05, 4.69) is 0 Å². The molecule has 4 nitrogen and oxygen atoms in total. The summed E-state index contributed by atoms with van der Waals surface area (Å²) in [7, 11) is 1.86. The van der Waals surface area contributed by atoms with Gasteiger partial charge in [-0.1, -0.05) is 19.3 Å². The predicted octanol–water partition coefficient (Wildman–Crippen LogP) is 2.14. The number of rotatable bonds is 3. The summed E-state index contributed by atoms with van der Waals surface area (Å²) in [6.45, 7) is 0.334. The minimum Gasteiger partial charge on any atom is -0.455 e. The average Bonchev–Trinajstić information content (AvgIpc) is 2.87. The molecule has 94 valence electrons. The Bertz CT molecular complexity index is 381. The highest BCUT2D eigenvalue weighted by Gasteiger charge is 2.24. The van der Waals surface area contributed by atoms with E-state index in [1.54, 1.807) is 12.1 Å². The number of furan rings is 1. The lowest BCUT2D eigenvalue weighted by Crippen LogP contribution is -2.38. The average molecular weight is 236 g/mol. The third kappa shape index (κ3) is 2.69. The summed E-state index contributed by atoms with van der Waals surface area (Å²) in [6.07, 6.45) is 5.93. The van der Waals surface area contributed by atoms with Crippen LogP contribution in [0.15, 0.2) is 16.5 Å². The van der Waals surface area contributed by atoms with Gasteiger partial charge in [0.15, 0.2) is 5.76 Å². The summed E-state index contributed by atoms with van der Waals surface area (Å²) in [5, 5.41) is 0. The lowest BCUT2D eigenvalue weighted by atomic mass is 9.94. The van der Waals surface area contributed by atoms with E-state index in [1.165, 1.54) is 19.3 Å². The molecule has 0 atom stereocenters. The molecule has 1 amide bonds. The fourth-order valence-corrected chi connectivity index (χ4v) is 2.41. The number of nitrogens with zero attached hydrogens (tertiary/aromatic N) is 1.